The SMILES string of the molecule is CCCc1ccc(-c2ccc(OCC3CCC(c4ccc(OCC)c(F)c4F)CC3)c(F)c2F)cc1. The average molecular weight is 501 g/mol. The third kappa shape index (κ3) is 5.69. The Labute approximate surface area is 210 Å². The Bertz CT molecular complexity index is 1170. The van der Waals surface area contributed by atoms with Crippen LogP contribution in [0, 0.1) is 29.2 Å². The van der Waals surface area contributed by atoms with Crippen molar-refractivity contribution in [2.24, 2.45) is 5.92 Å². The molecule has 0 atom stereocenters. The molecule has 1 aliphatic rings. The highest BCUT2D eigenvalue weighted by molar-refractivity contribution is 5.65. The van der Waals surface area contributed by atoms with Crippen molar-refractivity contribution in [3.63, 3.8) is 0 Å². The third-order valence-electron chi connectivity index (χ3n) is 6.99. The summed E-state index contributed by atoms with van der Waals surface area (Å²) in [6.07, 6.45) is 4.76. The lowest BCUT2D eigenvalue weighted by Gasteiger charge is -2.29. The van der Waals surface area contributed by atoms with Crippen LogP contribution in [-0.2, 0) is 6.42 Å². The lowest BCUT2D eigenvalue weighted by molar-refractivity contribution is 0.191. The summed E-state index contributed by atoms with van der Waals surface area (Å²) in [6, 6.07) is 13.6. The fourth-order valence-corrected chi connectivity index (χ4v) is 4.98. The van der Waals surface area contributed by atoms with Crippen molar-refractivity contribution in [2.45, 2.75) is 58.3 Å². The van der Waals surface area contributed by atoms with Crippen molar-refractivity contribution >= 4 is 0 Å². The highest BCUT2D eigenvalue weighted by Crippen LogP contribution is 2.39. The summed E-state index contributed by atoms with van der Waals surface area (Å²) < 4.78 is 69.2. The molecule has 192 valence electrons. The first-order valence-corrected chi connectivity index (χ1v) is 12.7. The summed E-state index contributed by atoms with van der Waals surface area (Å²) in [4.78, 5) is 0. The molecule has 1 saturated carbocycles. The van der Waals surface area contributed by atoms with E-state index in [1.807, 2.05) is 12.1 Å². The standard InChI is InChI=1S/C30H32F4O2/c1-3-5-19-6-10-21(11-7-19)24-15-17-26(30(34)28(24)32)36-18-20-8-12-22(13-9-20)23-14-16-25(35-4-2)29(33)27(23)31/h6-7,10-11,14-17,20,22H,3-5,8-9,12-13,18H2,1-2H3. The molecule has 0 spiro atoms. The number of rotatable bonds is 9. The minimum Gasteiger partial charge on any atom is -0.491 e. The van der Waals surface area contributed by atoms with Gasteiger partial charge in [0.25, 0.3) is 0 Å². The van der Waals surface area contributed by atoms with Gasteiger partial charge in [-0.1, -0.05) is 43.7 Å². The number of halogens is 4. The summed E-state index contributed by atoms with van der Waals surface area (Å²) in [5.41, 5.74) is 2.34. The predicted molar refractivity (Wildman–Crippen MR) is 134 cm³/mol. The quantitative estimate of drug-likeness (QED) is 0.274. The van der Waals surface area contributed by atoms with Crippen LogP contribution < -0.4 is 9.47 Å². The molecule has 0 radical (unpaired) electrons. The fourth-order valence-electron chi connectivity index (χ4n) is 4.98. The largest absolute Gasteiger partial charge is 0.491 e. The Morgan fingerprint density at radius 3 is 2.00 bits per heavy atom. The molecule has 0 heterocycles. The second-order valence-electron chi connectivity index (χ2n) is 9.43. The molecule has 0 saturated heterocycles. The van der Waals surface area contributed by atoms with Gasteiger partial charge in [0.1, 0.15) is 0 Å². The van der Waals surface area contributed by atoms with E-state index in [4.69, 9.17) is 9.47 Å². The fraction of sp³-hybridized carbons (Fsp3) is 0.400. The Morgan fingerprint density at radius 1 is 0.694 bits per heavy atom. The molecule has 3 aromatic rings. The molecule has 36 heavy (non-hydrogen) atoms. The molecule has 4 rings (SSSR count). The van der Waals surface area contributed by atoms with Gasteiger partial charge in [-0.3, -0.25) is 0 Å². The van der Waals surface area contributed by atoms with E-state index in [-0.39, 0.29) is 42.1 Å². The van der Waals surface area contributed by atoms with Gasteiger partial charge in [0.05, 0.1) is 13.2 Å². The Balaban J connectivity index is 1.35. The molecule has 3 aromatic carbocycles. The molecule has 0 amide bonds. The van der Waals surface area contributed by atoms with Crippen LogP contribution in [0.5, 0.6) is 11.5 Å². The van der Waals surface area contributed by atoms with E-state index in [2.05, 4.69) is 6.92 Å². The highest BCUT2D eigenvalue weighted by atomic mass is 19.2. The van der Waals surface area contributed by atoms with E-state index in [0.717, 1.165) is 31.2 Å². The van der Waals surface area contributed by atoms with Crippen molar-refractivity contribution in [3.8, 4) is 22.6 Å². The third-order valence-corrected chi connectivity index (χ3v) is 6.99. The smallest absolute Gasteiger partial charge is 0.201 e. The van der Waals surface area contributed by atoms with Crippen molar-refractivity contribution in [2.75, 3.05) is 13.2 Å². The number of ether oxygens (including phenoxy) is 2. The first-order chi connectivity index (χ1) is 17.4. The van der Waals surface area contributed by atoms with E-state index in [0.29, 0.717) is 24.0 Å². The number of benzene rings is 3. The molecular formula is C30H32F4O2. The summed E-state index contributed by atoms with van der Waals surface area (Å²) in [6.45, 7) is 4.32. The van der Waals surface area contributed by atoms with Gasteiger partial charge >= 0.3 is 0 Å². The zero-order valence-corrected chi connectivity index (χ0v) is 20.8. The normalized spacial score (nSPS) is 17.7. The van der Waals surface area contributed by atoms with E-state index < -0.39 is 23.3 Å². The molecule has 0 aromatic heterocycles. The Morgan fingerprint density at radius 2 is 1.33 bits per heavy atom. The number of aryl methyl sites for hydroxylation is 1. The Kier molecular flexibility index (Phi) is 8.55. The first-order valence-electron chi connectivity index (χ1n) is 12.7. The first kappa shape index (κ1) is 26.1. The lowest BCUT2D eigenvalue weighted by atomic mass is 9.79. The minimum atomic E-state index is -0.995. The summed E-state index contributed by atoms with van der Waals surface area (Å²) in [5.74, 6) is -3.86. The van der Waals surface area contributed by atoms with Gasteiger partial charge < -0.3 is 9.47 Å². The average Bonchev–Trinajstić information content (AvgIpc) is 2.89. The molecule has 1 fully saturated rings. The molecule has 2 nitrogen and oxygen atoms in total. The summed E-state index contributed by atoms with van der Waals surface area (Å²) in [5, 5.41) is 0. The topological polar surface area (TPSA) is 18.5 Å². The van der Waals surface area contributed by atoms with Gasteiger partial charge in [0.2, 0.25) is 11.6 Å². The summed E-state index contributed by atoms with van der Waals surface area (Å²) in [7, 11) is 0. The highest BCUT2D eigenvalue weighted by Gasteiger charge is 2.27. The second-order valence-corrected chi connectivity index (χ2v) is 9.43. The van der Waals surface area contributed by atoms with E-state index >= 15 is 0 Å². The van der Waals surface area contributed by atoms with E-state index in [1.165, 1.54) is 12.1 Å². The Hall–Kier alpha value is -3.02. The van der Waals surface area contributed by atoms with Crippen LogP contribution in [0.4, 0.5) is 17.6 Å². The molecule has 6 heteroatoms. The van der Waals surface area contributed by atoms with E-state index in [9.17, 15) is 17.6 Å². The van der Waals surface area contributed by atoms with Gasteiger partial charge in [0, 0.05) is 5.56 Å². The maximum atomic E-state index is 14.8. The predicted octanol–water partition coefficient (Wildman–Crippen LogP) is 8.61. The van der Waals surface area contributed by atoms with Crippen LogP contribution in [0.15, 0.2) is 48.5 Å². The van der Waals surface area contributed by atoms with Crippen molar-refractivity contribution < 1.29 is 27.0 Å². The molecule has 1 aliphatic carbocycles. The van der Waals surface area contributed by atoms with Gasteiger partial charge in [-0.15, -0.1) is 0 Å². The molecule has 0 unspecified atom stereocenters. The second kappa shape index (κ2) is 11.8. The van der Waals surface area contributed by atoms with Gasteiger partial charge in [-0.2, -0.15) is 8.78 Å². The summed E-state index contributed by atoms with van der Waals surface area (Å²) >= 11 is 0. The van der Waals surface area contributed by atoms with Crippen LogP contribution >= 0.6 is 0 Å². The van der Waals surface area contributed by atoms with Crippen molar-refractivity contribution in [1.82, 2.24) is 0 Å². The number of hydrogen-bond donors (Lipinski definition) is 0. The molecule has 0 aliphatic heterocycles. The molecule has 0 bridgehead atoms. The van der Waals surface area contributed by atoms with Gasteiger partial charge in [-0.05, 0) is 85.8 Å². The van der Waals surface area contributed by atoms with Crippen LogP contribution in [0.3, 0.4) is 0 Å². The zero-order valence-electron chi connectivity index (χ0n) is 20.8. The van der Waals surface area contributed by atoms with Gasteiger partial charge in [0.15, 0.2) is 23.1 Å². The van der Waals surface area contributed by atoms with Crippen LogP contribution in [0.1, 0.15) is 63.0 Å². The van der Waals surface area contributed by atoms with Crippen molar-refractivity contribution in [3.05, 3.63) is 82.9 Å². The minimum absolute atomic E-state index is 0.0744. The molecule has 0 N–H and O–H groups in total. The van der Waals surface area contributed by atoms with Crippen molar-refractivity contribution in [1.29, 1.82) is 0 Å². The zero-order chi connectivity index (χ0) is 25.7. The lowest BCUT2D eigenvalue weighted by Crippen LogP contribution is -2.20. The molecular weight excluding hydrogens is 468 g/mol. The maximum Gasteiger partial charge on any atom is 0.201 e. The van der Waals surface area contributed by atoms with Crippen LogP contribution in [0.2, 0.25) is 0 Å². The van der Waals surface area contributed by atoms with Crippen LogP contribution in [0.25, 0.3) is 11.1 Å². The monoisotopic (exact) mass is 500 g/mol. The van der Waals surface area contributed by atoms with Gasteiger partial charge in [-0.25, -0.2) is 8.78 Å². The van der Waals surface area contributed by atoms with E-state index in [1.54, 1.807) is 31.2 Å². The van der Waals surface area contributed by atoms with Crippen LogP contribution in [-0.4, -0.2) is 13.2 Å². The maximum absolute atomic E-state index is 14.8. The number of hydrogen-bond acceptors (Lipinski definition) is 2.